The number of alkyl halides is 3. The number of aliphatic hydroxyl groups is 1. The SMILES string of the molecule is CCCCCCCCCCCCOC(=O)/C(CN)=C(\O)C(F)(F)F. The number of unbranched alkanes of at least 4 members (excludes halogenated alkanes) is 9. The van der Waals surface area contributed by atoms with Crippen molar-refractivity contribution in [2.24, 2.45) is 5.73 Å². The minimum atomic E-state index is -5.00. The molecule has 0 fully saturated rings. The minimum Gasteiger partial charge on any atom is -0.504 e. The summed E-state index contributed by atoms with van der Waals surface area (Å²) >= 11 is 0. The molecule has 7 heteroatoms. The van der Waals surface area contributed by atoms with Gasteiger partial charge in [0.2, 0.25) is 5.76 Å². The lowest BCUT2D eigenvalue weighted by Crippen LogP contribution is -2.24. The number of hydrogen-bond acceptors (Lipinski definition) is 4. The van der Waals surface area contributed by atoms with Crippen LogP contribution >= 0.6 is 0 Å². The van der Waals surface area contributed by atoms with Crippen LogP contribution in [-0.4, -0.2) is 30.4 Å². The number of esters is 1. The highest BCUT2D eigenvalue weighted by atomic mass is 19.4. The van der Waals surface area contributed by atoms with Crippen molar-refractivity contribution in [3.63, 3.8) is 0 Å². The first-order chi connectivity index (χ1) is 11.3. The van der Waals surface area contributed by atoms with Crippen molar-refractivity contribution < 1.29 is 27.8 Å². The fourth-order valence-corrected chi connectivity index (χ4v) is 2.29. The van der Waals surface area contributed by atoms with E-state index in [0.29, 0.717) is 6.42 Å². The molecule has 0 aromatic rings. The third-order valence-corrected chi connectivity index (χ3v) is 3.74. The average molecular weight is 353 g/mol. The van der Waals surface area contributed by atoms with E-state index in [-0.39, 0.29) is 6.61 Å². The van der Waals surface area contributed by atoms with Crippen molar-refractivity contribution in [3.05, 3.63) is 11.3 Å². The predicted octanol–water partition coefficient (Wildman–Crippen LogP) is 4.78. The van der Waals surface area contributed by atoms with Gasteiger partial charge in [-0.1, -0.05) is 64.7 Å². The first kappa shape index (κ1) is 22.8. The van der Waals surface area contributed by atoms with Gasteiger partial charge in [-0.05, 0) is 6.42 Å². The second-order valence-corrected chi connectivity index (χ2v) is 5.85. The summed E-state index contributed by atoms with van der Waals surface area (Å²) in [5.41, 5.74) is 4.15. The Balaban J connectivity index is 3.79. The number of carbonyl (C=O) groups is 1. The first-order valence-corrected chi connectivity index (χ1v) is 8.71. The Hall–Kier alpha value is -1.24. The molecular weight excluding hydrogens is 323 g/mol. The summed E-state index contributed by atoms with van der Waals surface area (Å²) in [6.07, 6.45) is 6.07. The van der Waals surface area contributed by atoms with Gasteiger partial charge in [-0.2, -0.15) is 13.2 Å². The van der Waals surface area contributed by atoms with Crippen LogP contribution in [0.15, 0.2) is 11.3 Å². The number of aliphatic hydroxyl groups excluding tert-OH is 1. The van der Waals surface area contributed by atoms with Gasteiger partial charge in [0.15, 0.2) is 0 Å². The van der Waals surface area contributed by atoms with Crippen LogP contribution in [0.25, 0.3) is 0 Å². The third kappa shape index (κ3) is 10.5. The molecule has 0 aliphatic carbocycles. The van der Waals surface area contributed by atoms with Gasteiger partial charge in [0, 0.05) is 6.54 Å². The Kier molecular flexibility index (Phi) is 12.4. The number of nitrogens with two attached hydrogens (primary N) is 1. The van der Waals surface area contributed by atoms with E-state index in [4.69, 9.17) is 15.6 Å². The van der Waals surface area contributed by atoms with E-state index in [1.165, 1.54) is 38.5 Å². The molecular formula is C17H30F3NO3. The van der Waals surface area contributed by atoms with Gasteiger partial charge in [0.25, 0.3) is 0 Å². The Bertz CT molecular complexity index is 382. The van der Waals surface area contributed by atoms with Crippen LogP contribution in [0, 0.1) is 0 Å². The monoisotopic (exact) mass is 353 g/mol. The van der Waals surface area contributed by atoms with Gasteiger partial charge >= 0.3 is 12.1 Å². The lowest BCUT2D eigenvalue weighted by Gasteiger charge is -2.11. The minimum absolute atomic E-state index is 0.0317. The Morgan fingerprint density at radius 1 is 0.958 bits per heavy atom. The van der Waals surface area contributed by atoms with Crippen molar-refractivity contribution >= 4 is 5.97 Å². The zero-order valence-electron chi connectivity index (χ0n) is 14.5. The Labute approximate surface area is 142 Å². The summed E-state index contributed by atoms with van der Waals surface area (Å²) in [7, 11) is 0. The van der Waals surface area contributed by atoms with Gasteiger partial charge in [-0.3, -0.25) is 0 Å². The molecule has 0 saturated heterocycles. The normalized spacial score (nSPS) is 12.9. The first-order valence-electron chi connectivity index (χ1n) is 8.71. The number of halogens is 3. The third-order valence-electron chi connectivity index (χ3n) is 3.74. The lowest BCUT2D eigenvalue weighted by atomic mass is 10.1. The van der Waals surface area contributed by atoms with E-state index < -0.39 is 30.0 Å². The summed E-state index contributed by atoms with van der Waals surface area (Å²) in [6.45, 7) is 1.50. The van der Waals surface area contributed by atoms with Crippen molar-refractivity contribution in [1.29, 1.82) is 0 Å². The maximum Gasteiger partial charge on any atom is 0.449 e. The number of ether oxygens (including phenoxy) is 1. The molecule has 0 unspecified atom stereocenters. The summed E-state index contributed by atoms with van der Waals surface area (Å²) in [4.78, 5) is 11.5. The maximum atomic E-state index is 12.3. The quantitative estimate of drug-likeness (QED) is 0.216. The molecule has 24 heavy (non-hydrogen) atoms. The zero-order valence-corrected chi connectivity index (χ0v) is 14.5. The molecule has 0 spiro atoms. The van der Waals surface area contributed by atoms with Crippen LogP contribution in [0.3, 0.4) is 0 Å². The highest BCUT2D eigenvalue weighted by Crippen LogP contribution is 2.26. The van der Waals surface area contributed by atoms with E-state index in [0.717, 1.165) is 19.3 Å². The zero-order chi connectivity index (χ0) is 18.4. The second-order valence-electron chi connectivity index (χ2n) is 5.85. The van der Waals surface area contributed by atoms with Crippen molar-refractivity contribution in [2.75, 3.05) is 13.2 Å². The Morgan fingerprint density at radius 2 is 1.42 bits per heavy atom. The number of hydrogen-bond donors (Lipinski definition) is 2. The molecule has 4 nitrogen and oxygen atoms in total. The molecule has 0 amide bonds. The largest absolute Gasteiger partial charge is 0.504 e. The van der Waals surface area contributed by atoms with E-state index in [2.05, 4.69) is 6.92 Å². The molecule has 0 aliphatic rings. The van der Waals surface area contributed by atoms with Crippen LogP contribution in [-0.2, 0) is 9.53 Å². The van der Waals surface area contributed by atoms with Crippen molar-refractivity contribution in [1.82, 2.24) is 0 Å². The van der Waals surface area contributed by atoms with E-state index in [1.54, 1.807) is 0 Å². The molecule has 0 heterocycles. The molecule has 0 saturated carbocycles. The van der Waals surface area contributed by atoms with Gasteiger partial charge in [0.05, 0.1) is 12.2 Å². The lowest BCUT2D eigenvalue weighted by molar-refractivity contribution is -0.143. The summed E-state index contributed by atoms with van der Waals surface area (Å²) in [5, 5.41) is 8.97. The van der Waals surface area contributed by atoms with Crippen LogP contribution < -0.4 is 5.73 Å². The van der Waals surface area contributed by atoms with Crippen LogP contribution in [0.4, 0.5) is 13.2 Å². The van der Waals surface area contributed by atoms with Gasteiger partial charge in [-0.25, -0.2) is 4.79 Å². The number of carbonyl (C=O) groups excluding carboxylic acids is 1. The smallest absolute Gasteiger partial charge is 0.449 e. The fourth-order valence-electron chi connectivity index (χ4n) is 2.29. The molecule has 0 bridgehead atoms. The Morgan fingerprint density at radius 3 is 1.83 bits per heavy atom. The van der Waals surface area contributed by atoms with Crippen molar-refractivity contribution in [3.8, 4) is 0 Å². The maximum absolute atomic E-state index is 12.3. The summed E-state index contributed by atoms with van der Waals surface area (Å²) < 4.78 is 41.8. The van der Waals surface area contributed by atoms with Gasteiger partial charge < -0.3 is 15.6 Å². The standard InChI is InChI=1S/C17H30F3NO3/c1-2-3-4-5-6-7-8-9-10-11-12-24-16(23)14(13-21)15(22)17(18,19)20/h22H,2-13,21H2,1H3/b15-14-. The van der Waals surface area contributed by atoms with Crippen LogP contribution in [0.1, 0.15) is 71.1 Å². The molecule has 0 atom stereocenters. The number of rotatable bonds is 13. The second kappa shape index (κ2) is 13.1. The molecule has 0 rings (SSSR count). The number of allylic oxidation sites excluding steroid dienone is 1. The van der Waals surface area contributed by atoms with Gasteiger partial charge in [0.1, 0.15) is 0 Å². The van der Waals surface area contributed by atoms with E-state index >= 15 is 0 Å². The topological polar surface area (TPSA) is 72.5 Å². The van der Waals surface area contributed by atoms with Crippen LogP contribution in [0.5, 0.6) is 0 Å². The van der Waals surface area contributed by atoms with E-state index in [9.17, 15) is 18.0 Å². The van der Waals surface area contributed by atoms with Crippen molar-refractivity contribution in [2.45, 2.75) is 77.3 Å². The summed E-state index contributed by atoms with van der Waals surface area (Å²) in [5.74, 6) is -3.18. The molecule has 0 aromatic carbocycles. The molecule has 3 N–H and O–H groups in total. The molecule has 142 valence electrons. The summed E-state index contributed by atoms with van der Waals surface area (Å²) in [6, 6.07) is 0. The molecule has 0 radical (unpaired) electrons. The predicted molar refractivity (Wildman–Crippen MR) is 87.6 cm³/mol. The van der Waals surface area contributed by atoms with Crippen LogP contribution in [0.2, 0.25) is 0 Å². The molecule has 0 aromatic heterocycles. The highest BCUT2D eigenvalue weighted by molar-refractivity contribution is 5.89. The fraction of sp³-hybridized carbons (Fsp3) is 0.824. The average Bonchev–Trinajstić information content (AvgIpc) is 2.52. The highest BCUT2D eigenvalue weighted by Gasteiger charge is 2.38. The van der Waals surface area contributed by atoms with Gasteiger partial charge in [-0.15, -0.1) is 0 Å². The molecule has 0 aliphatic heterocycles. The van der Waals surface area contributed by atoms with E-state index in [1.807, 2.05) is 0 Å².